The van der Waals surface area contributed by atoms with Crippen molar-refractivity contribution in [2.75, 3.05) is 0 Å². The van der Waals surface area contributed by atoms with Crippen LogP contribution in [0, 0.1) is 6.92 Å². The molecule has 0 aromatic heterocycles. The van der Waals surface area contributed by atoms with E-state index in [4.69, 9.17) is 0 Å². The van der Waals surface area contributed by atoms with Gasteiger partial charge >= 0.3 is 6.18 Å². The van der Waals surface area contributed by atoms with Gasteiger partial charge in [-0.05, 0) is 38.8 Å². The standard InChI is InChI=1S/C29H25F3OSi/c1-21-15-17-25(18-16-21)34(24-11-3-2-4-12-24)26-13-7-5-9-22(26)19-28(33,29(30,31)32)20-23-10-6-8-14-27(23)34/h2-18,33H,19-20H2,1H3. The van der Waals surface area contributed by atoms with Crippen molar-refractivity contribution in [2.24, 2.45) is 0 Å². The molecule has 0 bridgehead atoms. The lowest BCUT2D eigenvalue weighted by Crippen LogP contribution is -2.77. The van der Waals surface area contributed by atoms with Gasteiger partial charge in [-0.15, -0.1) is 0 Å². The molecule has 0 radical (unpaired) electrons. The van der Waals surface area contributed by atoms with Gasteiger partial charge in [-0.1, -0.05) is 109 Å². The van der Waals surface area contributed by atoms with E-state index in [1.807, 2.05) is 49.4 Å². The lowest BCUT2D eigenvalue weighted by Gasteiger charge is -2.42. The molecule has 4 aromatic carbocycles. The van der Waals surface area contributed by atoms with Crippen molar-refractivity contribution in [1.29, 1.82) is 0 Å². The van der Waals surface area contributed by atoms with E-state index in [0.29, 0.717) is 11.1 Å². The number of aryl methyl sites for hydroxylation is 1. The van der Waals surface area contributed by atoms with Crippen LogP contribution in [-0.4, -0.2) is 25.0 Å². The van der Waals surface area contributed by atoms with E-state index >= 15 is 0 Å². The van der Waals surface area contributed by atoms with Crippen molar-refractivity contribution in [2.45, 2.75) is 31.5 Å². The van der Waals surface area contributed by atoms with E-state index in [1.54, 1.807) is 24.3 Å². The summed E-state index contributed by atoms with van der Waals surface area (Å²) in [5.74, 6) is 0. The Morgan fingerprint density at radius 1 is 0.647 bits per heavy atom. The monoisotopic (exact) mass is 474 g/mol. The van der Waals surface area contributed by atoms with Crippen molar-refractivity contribution < 1.29 is 18.3 Å². The zero-order chi connectivity index (χ0) is 24.0. The van der Waals surface area contributed by atoms with E-state index < -0.39 is 32.7 Å². The fraction of sp³-hybridized carbons (Fsp3) is 0.172. The zero-order valence-electron chi connectivity index (χ0n) is 18.8. The second-order valence-corrected chi connectivity index (χ2v) is 12.9. The summed E-state index contributed by atoms with van der Waals surface area (Å²) in [6.07, 6.45) is -5.71. The minimum Gasteiger partial charge on any atom is -0.380 e. The highest BCUT2D eigenvalue weighted by Gasteiger charge is 2.56. The van der Waals surface area contributed by atoms with Crippen LogP contribution < -0.4 is 20.7 Å². The van der Waals surface area contributed by atoms with Crippen LogP contribution in [0.25, 0.3) is 0 Å². The Bertz CT molecular complexity index is 1260. The predicted octanol–water partition coefficient (Wildman–Crippen LogP) is 3.76. The Morgan fingerprint density at radius 2 is 1.09 bits per heavy atom. The fourth-order valence-corrected chi connectivity index (χ4v) is 10.6. The number of hydrogen-bond donors (Lipinski definition) is 1. The summed E-state index contributed by atoms with van der Waals surface area (Å²) in [5.41, 5.74) is -0.621. The molecule has 1 aliphatic heterocycles. The van der Waals surface area contributed by atoms with Gasteiger partial charge in [0.2, 0.25) is 0 Å². The number of fused-ring (bicyclic) bond motifs is 2. The summed E-state index contributed by atoms with van der Waals surface area (Å²) in [6, 6.07) is 33.3. The van der Waals surface area contributed by atoms with Gasteiger partial charge < -0.3 is 5.11 Å². The lowest BCUT2D eigenvalue weighted by atomic mass is 9.87. The number of benzene rings is 4. The second-order valence-electron chi connectivity index (χ2n) is 9.18. The Labute approximate surface area is 198 Å². The molecule has 0 unspecified atom stereocenters. The van der Waals surface area contributed by atoms with E-state index in [2.05, 4.69) is 36.4 Å². The Hall–Kier alpha value is -3.15. The summed E-state index contributed by atoms with van der Waals surface area (Å²) in [5, 5.41) is 15.0. The van der Waals surface area contributed by atoms with E-state index in [0.717, 1.165) is 26.3 Å². The Morgan fingerprint density at radius 3 is 1.59 bits per heavy atom. The van der Waals surface area contributed by atoms with E-state index in [-0.39, 0.29) is 0 Å². The Kier molecular flexibility index (Phi) is 5.50. The first-order valence-electron chi connectivity index (χ1n) is 11.3. The maximum Gasteiger partial charge on any atom is 0.417 e. The first-order valence-corrected chi connectivity index (χ1v) is 13.3. The molecule has 172 valence electrons. The summed E-state index contributed by atoms with van der Waals surface area (Å²) >= 11 is 0. The van der Waals surface area contributed by atoms with Crippen LogP contribution in [0.4, 0.5) is 13.2 Å². The van der Waals surface area contributed by atoms with Gasteiger partial charge in [0.1, 0.15) is 0 Å². The topological polar surface area (TPSA) is 20.2 Å². The summed E-state index contributed by atoms with van der Waals surface area (Å²) in [4.78, 5) is 0. The van der Waals surface area contributed by atoms with Gasteiger partial charge in [-0.2, -0.15) is 13.2 Å². The number of alkyl halides is 3. The van der Waals surface area contributed by atoms with Crippen LogP contribution in [-0.2, 0) is 12.8 Å². The summed E-state index contributed by atoms with van der Waals surface area (Å²) < 4.78 is 42.8. The maximum atomic E-state index is 14.3. The number of rotatable bonds is 2. The molecule has 1 N–H and O–H groups in total. The molecule has 1 nitrogen and oxygen atoms in total. The quantitative estimate of drug-likeness (QED) is 0.439. The third kappa shape index (κ3) is 3.51. The van der Waals surface area contributed by atoms with Crippen LogP contribution in [0.1, 0.15) is 16.7 Å². The SMILES string of the molecule is Cc1ccc([Si]2(c3ccccc3)c3ccccc3CC(O)(C(F)(F)F)Cc3ccccc32)cc1. The molecular formula is C29H25F3OSi. The molecule has 0 amide bonds. The number of hydrogen-bond acceptors (Lipinski definition) is 1. The third-order valence-corrected chi connectivity index (χ3v) is 12.0. The molecule has 1 aliphatic rings. The summed E-state index contributed by atoms with van der Waals surface area (Å²) in [6.45, 7) is 2.03. The highest BCUT2D eigenvalue weighted by Crippen LogP contribution is 2.37. The van der Waals surface area contributed by atoms with Gasteiger partial charge in [-0.25, -0.2) is 0 Å². The molecular weight excluding hydrogens is 449 g/mol. The van der Waals surface area contributed by atoms with Gasteiger partial charge in [0, 0.05) is 12.8 Å². The van der Waals surface area contributed by atoms with E-state index in [9.17, 15) is 18.3 Å². The molecule has 0 fully saturated rings. The molecule has 34 heavy (non-hydrogen) atoms. The molecule has 0 aliphatic carbocycles. The number of aliphatic hydroxyl groups is 1. The first kappa shape index (κ1) is 22.6. The minimum atomic E-state index is -4.76. The minimum absolute atomic E-state index is 0.478. The second kappa shape index (κ2) is 8.26. The van der Waals surface area contributed by atoms with Gasteiger partial charge in [0.25, 0.3) is 0 Å². The van der Waals surface area contributed by atoms with Crippen molar-refractivity contribution in [3.05, 3.63) is 120 Å². The van der Waals surface area contributed by atoms with Gasteiger partial charge in [0.15, 0.2) is 13.7 Å². The fourth-order valence-electron chi connectivity index (χ4n) is 5.40. The highest BCUT2D eigenvalue weighted by molar-refractivity contribution is 7.20. The van der Waals surface area contributed by atoms with Crippen molar-refractivity contribution in [3.63, 3.8) is 0 Å². The molecule has 1 heterocycles. The molecule has 0 spiro atoms. The van der Waals surface area contributed by atoms with Crippen molar-refractivity contribution in [3.8, 4) is 0 Å². The molecule has 0 saturated heterocycles. The van der Waals surface area contributed by atoms with Crippen LogP contribution >= 0.6 is 0 Å². The zero-order valence-corrected chi connectivity index (χ0v) is 19.8. The van der Waals surface area contributed by atoms with Crippen LogP contribution in [0.2, 0.25) is 0 Å². The maximum absolute atomic E-state index is 14.3. The normalized spacial score (nSPS) is 22.3. The van der Waals surface area contributed by atoms with Gasteiger partial charge in [-0.3, -0.25) is 0 Å². The van der Waals surface area contributed by atoms with Crippen LogP contribution in [0.5, 0.6) is 0 Å². The third-order valence-electron chi connectivity index (χ3n) is 7.03. The average molecular weight is 475 g/mol. The van der Waals surface area contributed by atoms with Gasteiger partial charge in [0.05, 0.1) is 0 Å². The van der Waals surface area contributed by atoms with Crippen molar-refractivity contribution >= 4 is 28.8 Å². The van der Waals surface area contributed by atoms with Crippen molar-refractivity contribution in [1.82, 2.24) is 0 Å². The predicted molar refractivity (Wildman–Crippen MR) is 133 cm³/mol. The average Bonchev–Trinajstić information content (AvgIpc) is 2.81. The molecule has 0 atom stereocenters. The molecule has 5 heteroatoms. The van der Waals surface area contributed by atoms with Crippen LogP contribution in [0.3, 0.4) is 0 Å². The largest absolute Gasteiger partial charge is 0.417 e. The van der Waals surface area contributed by atoms with E-state index in [1.165, 1.54) is 0 Å². The molecule has 5 rings (SSSR count). The smallest absolute Gasteiger partial charge is 0.380 e. The molecule has 0 saturated carbocycles. The Balaban J connectivity index is 1.95. The lowest BCUT2D eigenvalue weighted by molar-refractivity contribution is -0.259. The van der Waals surface area contributed by atoms with Crippen LogP contribution in [0.15, 0.2) is 103 Å². The number of halogens is 3. The highest BCUT2D eigenvalue weighted by atomic mass is 28.3. The summed E-state index contributed by atoms with van der Waals surface area (Å²) in [7, 11) is -2.98. The molecule has 4 aromatic rings. The first-order chi connectivity index (χ1) is 16.3.